The number of carboxylic acid groups (broad SMARTS) is 1. The van der Waals surface area contributed by atoms with Gasteiger partial charge in [0.15, 0.2) is 0 Å². The first-order valence-electron chi connectivity index (χ1n) is 7.01. The number of aryl methyl sites for hydroxylation is 2. The van der Waals surface area contributed by atoms with E-state index in [1.54, 1.807) is 13.8 Å². The normalized spacial score (nSPS) is 12.0. The number of nitrogens with one attached hydrogen (secondary N) is 1. The van der Waals surface area contributed by atoms with Gasteiger partial charge >= 0.3 is 5.97 Å². The Kier molecular flexibility index (Phi) is 5.91. The van der Waals surface area contributed by atoms with Crippen molar-refractivity contribution in [1.29, 1.82) is 0 Å². The Hall–Kier alpha value is -1.41. The van der Waals surface area contributed by atoms with E-state index in [4.69, 9.17) is 5.11 Å². The van der Waals surface area contributed by atoms with Crippen LogP contribution in [0.4, 0.5) is 0 Å². The van der Waals surface area contributed by atoms with Crippen LogP contribution in [-0.2, 0) is 21.4 Å². The predicted molar refractivity (Wildman–Crippen MR) is 78.6 cm³/mol. The van der Waals surface area contributed by atoms with Crippen LogP contribution in [0.1, 0.15) is 44.5 Å². The van der Waals surface area contributed by atoms with Crippen LogP contribution in [0.2, 0.25) is 0 Å². The van der Waals surface area contributed by atoms with Crippen LogP contribution >= 0.6 is 0 Å². The van der Waals surface area contributed by atoms with Gasteiger partial charge in [-0.05, 0) is 26.7 Å². The molecule has 0 radical (unpaired) electrons. The second-order valence-electron chi connectivity index (χ2n) is 5.00. The summed E-state index contributed by atoms with van der Waals surface area (Å²) in [4.78, 5) is 10.8. The second kappa shape index (κ2) is 7.04. The lowest BCUT2D eigenvalue weighted by Crippen LogP contribution is -2.34. The highest BCUT2D eigenvalue weighted by atomic mass is 32.2. The first-order valence-corrected chi connectivity index (χ1v) is 8.49. The topological polar surface area (TPSA) is 101 Å². The number of hydrogen-bond acceptors (Lipinski definition) is 4. The molecular weight excluding hydrogens is 294 g/mol. The van der Waals surface area contributed by atoms with Crippen molar-refractivity contribution in [3.8, 4) is 0 Å². The minimum absolute atomic E-state index is 0.0958. The summed E-state index contributed by atoms with van der Waals surface area (Å²) in [6, 6.07) is -0.115. The van der Waals surface area contributed by atoms with Gasteiger partial charge in [-0.3, -0.25) is 9.48 Å². The molecule has 0 aromatic carbocycles. The molecule has 7 nitrogen and oxygen atoms in total. The summed E-state index contributed by atoms with van der Waals surface area (Å²) in [6.07, 6.45) is 1.32. The van der Waals surface area contributed by atoms with E-state index in [2.05, 4.69) is 9.82 Å². The molecule has 0 aliphatic carbocycles. The molecule has 0 atom stereocenters. The van der Waals surface area contributed by atoms with E-state index in [9.17, 15) is 13.2 Å². The minimum Gasteiger partial charge on any atom is -0.481 e. The van der Waals surface area contributed by atoms with Crippen molar-refractivity contribution < 1.29 is 18.3 Å². The van der Waals surface area contributed by atoms with E-state index in [0.29, 0.717) is 24.2 Å². The van der Waals surface area contributed by atoms with Gasteiger partial charge < -0.3 is 5.11 Å². The zero-order chi connectivity index (χ0) is 16.2. The molecule has 2 N–H and O–H groups in total. The summed E-state index contributed by atoms with van der Waals surface area (Å²) < 4.78 is 29.1. The Morgan fingerprint density at radius 2 is 1.90 bits per heavy atom. The van der Waals surface area contributed by atoms with E-state index in [-0.39, 0.29) is 23.9 Å². The van der Waals surface area contributed by atoms with Crippen molar-refractivity contribution in [1.82, 2.24) is 14.5 Å². The van der Waals surface area contributed by atoms with Crippen LogP contribution in [-0.4, -0.2) is 35.3 Å². The van der Waals surface area contributed by atoms with E-state index in [1.807, 2.05) is 13.8 Å². The Morgan fingerprint density at radius 3 is 2.38 bits per heavy atom. The van der Waals surface area contributed by atoms with Crippen molar-refractivity contribution >= 4 is 16.0 Å². The maximum atomic E-state index is 12.5. The molecule has 1 rings (SSSR count). The summed E-state index contributed by atoms with van der Waals surface area (Å²) in [5, 5.41) is 12.9. The third kappa shape index (κ3) is 4.28. The highest BCUT2D eigenvalue weighted by Crippen LogP contribution is 2.20. The van der Waals surface area contributed by atoms with E-state index < -0.39 is 16.0 Å². The van der Waals surface area contributed by atoms with E-state index in [0.717, 1.165) is 0 Å². The van der Waals surface area contributed by atoms with Gasteiger partial charge in [-0.25, -0.2) is 13.1 Å². The smallest absolute Gasteiger partial charge is 0.305 e. The summed E-state index contributed by atoms with van der Waals surface area (Å²) >= 11 is 0. The number of carboxylic acids is 1. The molecule has 0 fully saturated rings. The zero-order valence-corrected chi connectivity index (χ0v) is 13.7. The first-order chi connectivity index (χ1) is 9.72. The Labute approximate surface area is 125 Å². The molecule has 0 aliphatic rings. The molecule has 21 heavy (non-hydrogen) atoms. The van der Waals surface area contributed by atoms with Crippen LogP contribution in [0, 0.1) is 13.8 Å². The Balaban J connectivity index is 3.09. The van der Waals surface area contributed by atoms with Gasteiger partial charge in [0.05, 0.1) is 24.4 Å². The molecule has 120 valence electrons. The van der Waals surface area contributed by atoms with Gasteiger partial charge in [0, 0.05) is 6.04 Å². The molecule has 0 aliphatic heterocycles. The van der Waals surface area contributed by atoms with Gasteiger partial charge in [-0.15, -0.1) is 0 Å². The number of rotatable bonds is 8. The number of aliphatic carboxylic acids is 1. The van der Waals surface area contributed by atoms with E-state index >= 15 is 0 Å². The molecule has 0 saturated heterocycles. The van der Waals surface area contributed by atoms with Crippen LogP contribution in [0.25, 0.3) is 0 Å². The maximum Gasteiger partial charge on any atom is 0.305 e. The van der Waals surface area contributed by atoms with Gasteiger partial charge in [0.1, 0.15) is 4.90 Å². The molecule has 1 aromatic rings. The first kappa shape index (κ1) is 17.6. The van der Waals surface area contributed by atoms with Crippen molar-refractivity contribution in [2.75, 3.05) is 0 Å². The van der Waals surface area contributed by atoms with Crippen molar-refractivity contribution in [3.63, 3.8) is 0 Å². The SMILES string of the molecule is CCC(CC)NS(=O)(=O)c1c(C)nn(CCC(=O)O)c1C. The number of hydrogen-bond donors (Lipinski definition) is 2. The fourth-order valence-corrected chi connectivity index (χ4v) is 4.04. The van der Waals surface area contributed by atoms with Crippen molar-refractivity contribution in [2.45, 2.75) is 64.4 Å². The van der Waals surface area contributed by atoms with Gasteiger partial charge in [-0.1, -0.05) is 13.8 Å². The largest absolute Gasteiger partial charge is 0.481 e. The molecule has 0 amide bonds. The highest BCUT2D eigenvalue weighted by molar-refractivity contribution is 7.89. The van der Waals surface area contributed by atoms with Crippen molar-refractivity contribution in [2.24, 2.45) is 0 Å². The van der Waals surface area contributed by atoms with Gasteiger partial charge in [0.2, 0.25) is 10.0 Å². The van der Waals surface area contributed by atoms with Gasteiger partial charge in [0.25, 0.3) is 0 Å². The van der Waals surface area contributed by atoms with Crippen LogP contribution in [0.3, 0.4) is 0 Å². The van der Waals surface area contributed by atoms with Gasteiger partial charge in [-0.2, -0.15) is 5.10 Å². The third-order valence-corrected chi connectivity index (χ3v) is 5.20. The van der Waals surface area contributed by atoms with Crippen LogP contribution in [0.5, 0.6) is 0 Å². The van der Waals surface area contributed by atoms with Crippen LogP contribution < -0.4 is 4.72 Å². The quantitative estimate of drug-likeness (QED) is 0.755. The Morgan fingerprint density at radius 1 is 1.33 bits per heavy atom. The van der Waals surface area contributed by atoms with Crippen molar-refractivity contribution in [3.05, 3.63) is 11.4 Å². The predicted octanol–water partition coefficient (Wildman–Crippen LogP) is 1.44. The minimum atomic E-state index is -3.64. The maximum absolute atomic E-state index is 12.5. The second-order valence-corrected chi connectivity index (χ2v) is 6.65. The monoisotopic (exact) mass is 317 g/mol. The molecule has 8 heteroatoms. The lowest BCUT2D eigenvalue weighted by molar-refractivity contribution is -0.137. The summed E-state index contributed by atoms with van der Waals surface area (Å²) in [5.41, 5.74) is 0.851. The molecule has 0 spiro atoms. The van der Waals surface area contributed by atoms with E-state index in [1.165, 1.54) is 4.68 Å². The summed E-state index contributed by atoms with van der Waals surface area (Å²) in [7, 11) is -3.64. The number of aromatic nitrogens is 2. The average molecular weight is 317 g/mol. The standard InChI is InChI=1S/C13H23N3O4S/c1-5-11(6-2)15-21(19,20)13-9(3)14-16(10(13)4)8-7-12(17)18/h11,15H,5-8H2,1-4H3,(H,17,18). The summed E-state index contributed by atoms with van der Waals surface area (Å²) in [5.74, 6) is -0.942. The molecule has 0 unspecified atom stereocenters. The molecule has 1 aromatic heterocycles. The fourth-order valence-electron chi connectivity index (χ4n) is 2.22. The van der Waals surface area contributed by atoms with Crippen LogP contribution in [0.15, 0.2) is 4.90 Å². The number of carbonyl (C=O) groups is 1. The molecular formula is C13H23N3O4S. The number of sulfonamides is 1. The zero-order valence-electron chi connectivity index (χ0n) is 12.9. The highest BCUT2D eigenvalue weighted by Gasteiger charge is 2.26. The Bertz CT molecular complexity index is 603. The third-order valence-electron chi connectivity index (χ3n) is 3.43. The summed E-state index contributed by atoms with van der Waals surface area (Å²) in [6.45, 7) is 7.26. The lowest BCUT2D eigenvalue weighted by Gasteiger charge is -2.15. The fraction of sp³-hybridized carbons (Fsp3) is 0.692. The average Bonchev–Trinajstić information content (AvgIpc) is 2.68. The number of nitrogens with zero attached hydrogens (tertiary/aromatic N) is 2. The molecule has 1 heterocycles. The lowest BCUT2D eigenvalue weighted by atomic mass is 10.2. The molecule has 0 bridgehead atoms. The molecule has 0 saturated carbocycles.